The maximum absolute atomic E-state index is 12.9. The second-order valence-electron chi connectivity index (χ2n) is 6.98. The summed E-state index contributed by atoms with van der Waals surface area (Å²) in [6, 6.07) is 4.87. The van der Waals surface area contributed by atoms with E-state index >= 15 is 0 Å². The molecule has 30 heavy (non-hydrogen) atoms. The summed E-state index contributed by atoms with van der Waals surface area (Å²) in [6.45, 7) is 8.20. The van der Waals surface area contributed by atoms with Gasteiger partial charge in [-0.25, -0.2) is 9.78 Å². The molecule has 10 heteroatoms. The van der Waals surface area contributed by atoms with Crippen molar-refractivity contribution < 1.29 is 23.9 Å². The minimum atomic E-state index is -1.14. The molecule has 0 saturated carbocycles. The van der Waals surface area contributed by atoms with E-state index in [-0.39, 0.29) is 29.1 Å². The molecule has 1 aliphatic heterocycles. The predicted molar refractivity (Wildman–Crippen MR) is 114 cm³/mol. The molecule has 0 saturated heterocycles. The Morgan fingerprint density at radius 3 is 2.87 bits per heavy atom. The third kappa shape index (κ3) is 4.47. The first kappa shape index (κ1) is 21.8. The normalized spacial score (nSPS) is 14.5. The molecule has 0 aliphatic carbocycles. The van der Waals surface area contributed by atoms with Gasteiger partial charge in [-0.3, -0.25) is 14.5 Å². The second-order valence-corrected chi connectivity index (χ2v) is 8.42. The standard InChI is InChI=1S/C20H20ClN3O5S/c1-5-8-28-17(26)16-11(2)22-19(30-16)23-15(25)10-24-13-9-12(21)6-7-14(13)29-20(3,4)18(24)27/h5-7,9H,1,8,10H2,2-4H3,(H,22,23,25). The van der Waals surface area contributed by atoms with Crippen LogP contribution in [0, 0.1) is 6.92 Å². The van der Waals surface area contributed by atoms with Crippen molar-refractivity contribution in [2.45, 2.75) is 26.4 Å². The number of hydrogen-bond acceptors (Lipinski definition) is 7. The summed E-state index contributed by atoms with van der Waals surface area (Å²) in [5.74, 6) is -0.948. The number of nitrogens with zero attached hydrogens (tertiary/aromatic N) is 2. The van der Waals surface area contributed by atoms with Gasteiger partial charge in [-0.1, -0.05) is 35.6 Å². The summed E-state index contributed by atoms with van der Waals surface area (Å²) in [5.41, 5.74) is -0.294. The van der Waals surface area contributed by atoms with Crippen molar-refractivity contribution in [1.29, 1.82) is 0 Å². The maximum atomic E-state index is 12.9. The first-order chi connectivity index (χ1) is 14.1. The molecular formula is C20H20ClN3O5S. The van der Waals surface area contributed by atoms with Crippen LogP contribution in [0.15, 0.2) is 30.9 Å². The summed E-state index contributed by atoms with van der Waals surface area (Å²) in [4.78, 5) is 43.3. The van der Waals surface area contributed by atoms with Gasteiger partial charge in [-0.15, -0.1) is 0 Å². The first-order valence-corrected chi connectivity index (χ1v) is 10.2. The number of aryl methyl sites for hydroxylation is 1. The van der Waals surface area contributed by atoms with E-state index in [4.69, 9.17) is 21.1 Å². The zero-order chi connectivity index (χ0) is 22.1. The van der Waals surface area contributed by atoms with Crippen molar-refractivity contribution in [1.82, 2.24) is 4.98 Å². The van der Waals surface area contributed by atoms with Crippen LogP contribution in [0.4, 0.5) is 10.8 Å². The minimum absolute atomic E-state index is 0.0781. The van der Waals surface area contributed by atoms with Crippen molar-refractivity contribution in [2.24, 2.45) is 0 Å². The molecule has 0 atom stereocenters. The predicted octanol–water partition coefficient (Wildman–Crippen LogP) is 3.59. The average Bonchev–Trinajstić information content (AvgIpc) is 3.04. The fourth-order valence-electron chi connectivity index (χ4n) is 2.84. The van der Waals surface area contributed by atoms with Gasteiger partial charge in [0.1, 0.15) is 23.8 Å². The van der Waals surface area contributed by atoms with Crippen LogP contribution >= 0.6 is 22.9 Å². The Bertz CT molecular complexity index is 1030. The van der Waals surface area contributed by atoms with Gasteiger partial charge in [-0.05, 0) is 39.0 Å². The number of carbonyl (C=O) groups is 3. The lowest BCUT2D eigenvalue weighted by Crippen LogP contribution is -2.54. The molecule has 0 fully saturated rings. The average molecular weight is 450 g/mol. The Morgan fingerprint density at radius 2 is 2.17 bits per heavy atom. The van der Waals surface area contributed by atoms with Gasteiger partial charge in [0.2, 0.25) is 5.91 Å². The van der Waals surface area contributed by atoms with Crippen molar-refractivity contribution in [3.05, 3.63) is 46.4 Å². The number of amides is 2. The number of benzene rings is 1. The Kier molecular flexibility index (Phi) is 6.14. The molecule has 2 heterocycles. The highest BCUT2D eigenvalue weighted by Crippen LogP contribution is 2.39. The van der Waals surface area contributed by atoms with Crippen LogP contribution in [-0.2, 0) is 14.3 Å². The fraction of sp³-hybridized carbons (Fsp3) is 0.300. The summed E-state index contributed by atoms with van der Waals surface area (Å²) >= 11 is 7.06. The Hall–Kier alpha value is -2.91. The molecule has 0 unspecified atom stereocenters. The number of thiazole rings is 1. The molecule has 8 nitrogen and oxygen atoms in total. The monoisotopic (exact) mass is 449 g/mol. The van der Waals surface area contributed by atoms with E-state index in [1.165, 1.54) is 11.0 Å². The van der Waals surface area contributed by atoms with Gasteiger partial charge in [0.05, 0.1) is 11.4 Å². The molecular weight excluding hydrogens is 430 g/mol. The van der Waals surface area contributed by atoms with Crippen LogP contribution in [0.2, 0.25) is 5.02 Å². The van der Waals surface area contributed by atoms with Crippen molar-refractivity contribution in [2.75, 3.05) is 23.4 Å². The minimum Gasteiger partial charge on any atom is -0.476 e. The smallest absolute Gasteiger partial charge is 0.350 e. The van der Waals surface area contributed by atoms with Gasteiger partial charge < -0.3 is 14.8 Å². The van der Waals surface area contributed by atoms with E-state index in [2.05, 4.69) is 16.9 Å². The lowest BCUT2D eigenvalue weighted by molar-refractivity contribution is -0.133. The molecule has 0 spiro atoms. The number of fused-ring (bicyclic) bond motifs is 1. The largest absolute Gasteiger partial charge is 0.476 e. The van der Waals surface area contributed by atoms with Gasteiger partial charge >= 0.3 is 5.97 Å². The van der Waals surface area contributed by atoms with E-state index in [1.54, 1.807) is 39.0 Å². The number of ether oxygens (including phenoxy) is 2. The van der Waals surface area contributed by atoms with Crippen molar-refractivity contribution in [3.63, 3.8) is 0 Å². The first-order valence-electron chi connectivity index (χ1n) is 8.98. The second kappa shape index (κ2) is 8.45. The summed E-state index contributed by atoms with van der Waals surface area (Å²) < 4.78 is 10.8. The highest BCUT2D eigenvalue weighted by molar-refractivity contribution is 7.17. The van der Waals surface area contributed by atoms with Crippen LogP contribution in [0.25, 0.3) is 0 Å². The molecule has 1 N–H and O–H groups in total. The summed E-state index contributed by atoms with van der Waals surface area (Å²) in [6.07, 6.45) is 1.46. The quantitative estimate of drug-likeness (QED) is 0.534. The zero-order valence-electron chi connectivity index (χ0n) is 16.7. The number of esters is 1. The third-order valence-electron chi connectivity index (χ3n) is 4.20. The lowest BCUT2D eigenvalue weighted by atomic mass is 10.0. The molecule has 0 radical (unpaired) electrons. The lowest BCUT2D eigenvalue weighted by Gasteiger charge is -2.38. The Labute approximate surface area is 182 Å². The summed E-state index contributed by atoms with van der Waals surface area (Å²) in [7, 11) is 0. The van der Waals surface area contributed by atoms with Gasteiger partial charge in [-0.2, -0.15) is 0 Å². The number of anilines is 2. The number of nitrogens with one attached hydrogen (secondary N) is 1. The van der Waals surface area contributed by atoms with Crippen LogP contribution < -0.4 is 15.0 Å². The van der Waals surface area contributed by atoms with E-state index < -0.39 is 17.5 Å². The number of halogens is 1. The van der Waals surface area contributed by atoms with Crippen LogP contribution in [0.1, 0.15) is 29.2 Å². The highest BCUT2D eigenvalue weighted by atomic mass is 35.5. The van der Waals surface area contributed by atoms with E-state index in [0.29, 0.717) is 22.2 Å². The molecule has 0 bridgehead atoms. The Morgan fingerprint density at radius 1 is 1.43 bits per heavy atom. The van der Waals surface area contributed by atoms with Crippen LogP contribution in [-0.4, -0.2) is 41.5 Å². The van der Waals surface area contributed by atoms with Gasteiger partial charge in [0, 0.05) is 5.02 Å². The Balaban J connectivity index is 1.78. The number of hydrogen-bond donors (Lipinski definition) is 1. The summed E-state index contributed by atoms with van der Waals surface area (Å²) in [5, 5.41) is 3.27. The van der Waals surface area contributed by atoms with Gasteiger partial charge in [0.15, 0.2) is 10.7 Å². The number of carbonyl (C=O) groups excluding carboxylic acids is 3. The SMILES string of the molecule is C=CCOC(=O)c1sc(NC(=O)CN2C(=O)C(C)(C)Oc3ccc(Cl)cc32)nc1C. The van der Waals surface area contributed by atoms with Crippen molar-refractivity contribution in [3.8, 4) is 5.75 Å². The van der Waals surface area contributed by atoms with E-state index in [9.17, 15) is 14.4 Å². The molecule has 1 aliphatic rings. The van der Waals surface area contributed by atoms with E-state index in [1.807, 2.05) is 0 Å². The van der Waals surface area contributed by atoms with Crippen LogP contribution in [0.5, 0.6) is 5.75 Å². The molecule has 1 aromatic heterocycles. The fourth-order valence-corrected chi connectivity index (χ4v) is 3.88. The molecule has 2 aromatic rings. The highest BCUT2D eigenvalue weighted by Gasteiger charge is 2.41. The van der Waals surface area contributed by atoms with Crippen LogP contribution in [0.3, 0.4) is 0 Å². The third-order valence-corrected chi connectivity index (χ3v) is 5.49. The number of rotatable bonds is 6. The number of aromatic nitrogens is 1. The molecule has 2 amide bonds. The zero-order valence-corrected chi connectivity index (χ0v) is 18.2. The molecule has 1 aromatic carbocycles. The van der Waals surface area contributed by atoms with Gasteiger partial charge in [0.25, 0.3) is 5.91 Å². The maximum Gasteiger partial charge on any atom is 0.350 e. The molecule has 158 valence electrons. The van der Waals surface area contributed by atoms with Crippen molar-refractivity contribution >= 4 is 51.5 Å². The van der Waals surface area contributed by atoms with E-state index in [0.717, 1.165) is 11.3 Å². The topological polar surface area (TPSA) is 97.8 Å². The molecule has 3 rings (SSSR count).